The van der Waals surface area contributed by atoms with Crippen molar-refractivity contribution in [2.45, 2.75) is 45.7 Å². The lowest BCUT2D eigenvalue weighted by molar-refractivity contribution is -0.132. The molecule has 0 aromatic carbocycles. The molecule has 4 nitrogen and oxygen atoms in total. The van der Waals surface area contributed by atoms with Crippen LogP contribution in [0.4, 0.5) is 0 Å². The van der Waals surface area contributed by atoms with Gasteiger partial charge in [0, 0.05) is 12.4 Å². The standard InChI is InChI=1S/C12H21N3OS/c1-4-5-6-11(13)12(16)15(3)7-10-8-17-9(2)14-10/h8,11H,4-7,13H2,1-3H3. The molecule has 0 aliphatic rings. The second kappa shape index (κ2) is 6.71. The normalized spacial score (nSPS) is 12.5. The van der Waals surface area contributed by atoms with E-state index in [-0.39, 0.29) is 11.9 Å². The summed E-state index contributed by atoms with van der Waals surface area (Å²) in [6.07, 6.45) is 2.82. The number of aryl methyl sites for hydroxylation is 1. The molecule has 1 aromatic heterocycles. The van der Waals surface area contributed by atoms with Gasteiger partial charge in [-0.2, -0.15) is 0 Å². The van der Waals surface area contributed by atoms with E-state index in [9.17, 15) is 4.79 Å². The summed E-state index contributed by atoms with van der Waals surface area (Å²) < 4.78 is 0. The zero-order valence-corrected chi connectivity index (χ0v) is 11.6. The highest BCUT2D eigenvalue weighted by Gasteiger charge is 2.18. The van der Waals surface area contributed by atoms with Gasteiger partial charge in [-0.3, -0.25) is 4.79 Å². The molecule has 0 spiro atoms. The van der Waals surface area contributed by atoms with Gasteiger partial charge >= 0.3 is 0 Å². The number of carbonyl (C=O) groups excluding carboxylic acids is 1. The van der Waals surface area contributed by atoms with Crippen molar-refractivity contribution < 1.29 is 4.79 Å². The van der Waals surface area contributed by atoms with E-state index in [0.29, 0.717) is 6.54 Å². The quantitative estimate of drug-likeness (QED) is 0.845. The number of nitrogens with zero attached hydrogens (tertiary/aromatic N) is 2. The first-order chi connectivity index (χ1) is 8.04. The number of aromatic nitrogens is 1. The van der Waals surface area contributed by atoms with E-state index in [2.05, 4.69) is 11.9 Å². The molecule has 96 valence electrons. The molecule has 2 N–H and O–H groups in total. The maximum Gasteiger partial charge on any atom is 0.239 e. The lowest BCUT2D eigenvalue weighted by atomic mass is 10.1. The van der Waals surface area contributed by atoms with Crippen molar-refractivity contribution in [1.82, 2.24) is 9.88 Å². The van der Waals surface area contributed by atoms with E-state index in [4.69, 9.17) is 5.73 Å². The maximum atomic E-state index is 11.9. The van der Waals surface area contributed by atoms with E-state index < -0.39 is 0 Å². The van der Waals surface area contributed by atoms with E-state index >= 15 is 0 Å². The third-order valence-corrected chi connectivity index (χ3v) is 3.45. The highest BCUT2D eigenvalue weighted by molar-refractivity contribution is 7.09. The van der Waals surface area contributed by atoms with Gasteiger partial charge in [0.25, 0.3) is 0 Å². The van der Waals surface area contributed by atoms with Crippen molar-refractivity contribution in [2.75, 3.05) is 7.05 Å². The minimum absolute atomic E-state index is 0.00380. The van der Waals surface area contributed by atoms with Crippen molar-refractivity contribution in [2.24, 2.45) is 5.73 Å². The first kappa shape index (κ1) is 14.1. The summed E-state index contributed by atoms with van der Waals surface area (Å²) in [5, 5.41) is 3.01. The Morgan fingerprint density at radius 2 is 2.35 bits per heavy atom. The van der Waals surface area contributed by atoms with Gasteiger partial charge in [0.1, 0.15) is 0 Å². The van der Waals surface area contributed by atoms with E-state index in [1.807, 2.05) is 12.3 Å². The zero-order chi connectivity index (χ0) is 12.8. The van der Waals surface area contributed by atoms with E-state index in [0.717, 1.165) is 30.0 Å². The molecule has 1 amide bonds. The van der Waals surface area contributed by atoms with Crippen LogP contribution in [-0.4, -0.2) is 28.9 Å². The molecule has 0 saturated carbocycles. The number of nitrogens with two attached hydrogens (primary N) is 1. The molecule has 0 bridgehead atoms. The molecular weight excluding hydrogens is 234 g/mol. The number of unbranched alkanes of at least 4 members (excludes halogenated alkanes) is 1. The Labute approximate surface area is 107 Å². The Balaban J connectivity index is 2.46. The summed E-state index contributed by atoms with van der Waals surface area (Å²) >= 11 is 1.60. The Morgan fingerprint density at radius 1 is 1.65 bits per heavy atom. The van der Waals surface area contributed by atoms with Crippen LogP contribution >= 0.6 is 11.3 Å². The summed E-state index contributed by atoms with van der Waals surface area (Å²) in [6, 6.07) is -0.375. The van der Waals surface area contributed by atoms with Crippen molar-refractivity contribution in [3.05, 3.63) is 16.1 Å². The SMILES string of the molecule is CCCCC(N)C(=O)N(C)Cc1csc(C)n1. The van der Waals surface area contributed by atoms with Crippen LogP contribution in [0.1, 0.15) is 36.9 Å². The minimum atomic E-state index is -0.375. The highest BCUT2D eigenvalue weighted by Crippen LogP contribution is 2.10. The lowest BCUT2D eigenvalue weighted by Crippen LogP contribution is -2.41. The van der Waals surface area contributed by atoms with E-state index in [1.165, 1.54) is 0 Å². The summed E-state index contributed by atoms with van der Waals surface area (Å²) in [5.41, 5.74) is 6.79. The fraction of sp³-hybridized carbons (Fsp3) is 0.667. The predicted molar refractivity (Wildman–Crippen MR) is 70.8 cm³/mol. The lowest BCUT2D eigenvalue weighted by Gasteiger charge is -2.20. The first-order valence-corrected chi connectivity index (χ1v) is 6.84. The average molecular weight is 255 g/mol. The van der Waals surface area contributed by atoms with E-state index in [1.54, 1.807) is 23.3 Å². The van der Waals surface area contributed by atoms with Crippen LogP contribution in [0.25, 0.3) is 0 Å². The average Bonchev–Trinajstić information content (AvgIpc) is 2.70. The fourth-order valence-electron chi connectivity index (χ4n) is 1.63. The molecule has 0 aliphatic carbocycles. The Kier molecular flexibility index (Phi) is 5.58. The van der Waals surface area contributed by atoms with Gasteiger partial charge < -0.3 is 10.6 Å². The number of likely N-dealkylation sites (N-methyl/N-ethyl adjacent to an activating group) is 1. The Bertz CT molecular complexity index is 364. The molecule has 1 aromatic rings. The van der Waals surface area contributed by atoms with Crippen LogP contribution in [0.2, 0.25) is 0 Å². The van der Waals surface area contributed by atoms with Gasteiger partial charge in [-0.05, 0) is 13.3 Å². The van der Waals surface area contributed by atoms with Crippen LogP contribution in [0, 0.1) is 6.92 Å². The molecule has 1 unspecified atom stereocenters. The number of amides is 1. The highest BCUT2D eigenvalue weighted by atomic mass is 32.1. The summed E-state index contributed by atoms with van der Waals surface area (Å²) in [7, 11) is 1.78. The third kappa shape index (κ3) is 4.44. The number of hydrogen-bond acceptors (Lipinski definition) is 4. The first-order valence-electron chi connectivity index (χ1n) is 5.96. The van der Waals surface area contributed by atoms with Crippen molar-refractivity contribution in [3.8, 4) is 0 Å². The zero-order valence-electron chi connectivity index (χ0n) is 10.8. The summed E-state index contributed by atoms with van der Waals surface area (Å²) in [4.78, 5) is 17.9. The topological polar surface area (TPSA) is 59.2 Å². The van der Waals surface area contributed by atoms with Gasteiger partial charge in [0.2, 0.25) is 5.91 Å². The minimum Gasteiger partial charge on any atom is -0.338 e. The molecule has 5 heteroatoms. The second-order valence-electron chi connectivity index (χ2n) is 4.30. The molecule has 0 radical (unpaired) electrons. The molecule has 0 saturated heterocycles. The molecule has 17 heavy (non-hydrogen) atoms. The Morgan fingerprint density at radius 3 is 2.88 bits per heavy atom. The van der Waals surface area contributed by atoms with Crippen LogP contribution in [0.15, 0.2) is 5.38 Å². The van der Waals surface area contributed by atoms with Crippen molar-refractivity contribution >= 4 is 17.2 Å². The molecular formula is C12H21N3OS. The van der Waals surface area contributed by atoms with Gasteiger partial charge in [-0.1, -0.05) is 19.8 Å². The summed E-state index contributed by atoms with van der Waals surface area (Å²) in [5.74, 6) is 0.00380. The Hall–Kier alpha value is -0.940. The van der Waals surface area contributed by atoms with Gasteiger partial charge in [0.15, 0.2) is 0 Å². The predicted octanol–water partition coefficient (Wildman–Crippen LogP) is 1.93. The smallest absolute Gasteiger partial charge is 0.239 e. The molecule has 1 rings (SSSR count). The molecule has 1 atom stereocenters. The number of carbonyl (C=O) groups is 1. The fourth-order valence-corrected chi connectivity index (χ4v) is 2.24. The maximum absolute atomic E-state index is 11.9. The summed E-state index contributed by atoms with van der Waals surface area (Å²) in [6.45, 7) is 4.60. The second-order valence-corrected chi connectivity index (χ2v) is 5.36. The van der Waals surface area contributed by atoms with Crippen LogP contribution in [-0.2, 0) is 11.3 Å². The van der Waals surface area contributed by atoms with Crippen LogP contribution < -0.4 is 5.73 Å². The number of thiazole rings is 1. The molecule has 0 fully saturated rings. The van der Waals surface area contributed by atoms with Crippen molar-refractivity contribution in [3.63, 3.8) is 0 Å². The monoisotopic (exact) mass is 255 g/mol. The van der Waals surface area contributed by atoms with Crippen molar-refractivity contribution in [1.29, 1.82) is 0 Å². The third-order valence-electron chi connectivity index (χ3n) is 2.63. The van der Waals surface area contributed by atoms with Gasteiger partial charge in [-0.25, -0.2) is 4.98 Å². The largest absolute Gasteiger partial charge is 0.338 e. The molecule has 1 heterocycles. The van der Waals surface area contributed by atoms with Crippen LogP contribution in [0.3, 0.4) is 0 Å². The van der Waals surface area contributed by atoms with Gasteiger partial charge in [0.05, 0.1) is 23.3 Å². The molecule has 0 aliphatic heterocycles. The van der Waals surface area contributed by atoms with Gasteiger partial charge in [-0.15, -0.1) is 11.3 Å². The van der Waals surface area contributed by atoms with Crippen LogP contribution in [0.5, 0.6) is 0 Å². The number of rotatable bonds is 6. The number of hydrogen-bond donors (Lipinski definition) is 1.